The number of rotatable bonds is 4. The van der Waals surface area contributed by atoms with E-state index in [1.165, 1.54) is 0 Å². The van der Waals surface area contributed by atoms with E-state index in [4.69, 9.17) is 11.6 Å². The van der Waals surface area contributed by atoms with Crippen LogP contribution in [0.3, 0.4) is 0 Å². The second kappa shape index (κ2) is 6.09. The van der Waals surface area contributed by atoms with Gasteiger partial charge < -0.3 is 5.32 Å². The van der Waals surface area contributed by atoms with Gasteiger partial charge in [-0.15, -0.1) is 0 Å². The van der Waals surface area contributed by atoms with Crippen LogP contribution in [0.5, 0.6) is 0 Å². The Balaban J connectivity index is 2.21. The summed E-state index contributed by atoms with van der Waals surface area (Å²) in [7, 11) is 0. The van der Waals surface area contributed by atoms with Crippen molar-refractivity contribution in [1.82, 2.24) is 15.1 Å². The smallest absolute Gasteiger partial charge is 0.271 e. The molecular weight excluding hydrogens is 274 g/mol. The third kappa shape index (κ3) is 3.39. The summed E-state index contributed by atoms with van der Waals surface area (Å²) >= 11 is 5.87. The lowest BCUT2D eigenvalue weighted by molar-refractivity contribution is 0.0943. The molecular formula is C15H18ClN3O. The molecule has 1 aromatic heterocycles. The van der Waals surface area contributed by atoms with Crippen LogP contribution in [0.25, 0.3) is 5.69 Å². The molecule has 0 aliphatic rings. The number of amides is 1. The standard InChI is InChI=1S/C15H18ClN3O/c1-10(2)9-17-15(20)14-8-11(3)19(18-14)13-6-4-12(16)5-7-13/h4-8,10H,9H2,1-3H3,(H,17,20). The Labute approximate surface area is 123 Å². The number of hydrogen-bond donors (Lipinski definition) is 1. The van der Waals surface area contributed by atoms with E-state index in [1.54, 1.807) is 22.9 Å². The van der Waals surface area contributed by atoms with Crippen LogP contribution in [0.2, 0.25) is 5.02 Å². The molecule has 1 heterocycles. The van der Waals surface area contributed by atoms with Crippen molar-refractivity contribution < 1.29 is 4.79 Å². The zero-order chi connectivity index (χ0) is 14.7. The summed E-state index contributed by atoms with van der Waals surface area (Å²) in [6.45, 7) is 6.67. The van der Waals surface area contributed by atoms with Crippen LogP contribution in [0.1, 0.15) is 30.0 Å². The molecule has 2 aromatic rings. The second-order valence-corrected chi connectivity index (χ2v) is 5.60. The summed E-state index contributed by atoms with van der Waals surface area (Å²) in [4.78, 5) is 12.0. The van der Waals surface area contributed by atoms with Gasteiger partial charge in [0.2, 0.25) is 0 Å². The van der Waals surface area contributed by atoms with E-state index in [-0.39, 0.29) is 5.91 Å². The van der Waals surface area contributed by atoms with Crippen molar-refractivity contribution in [3.05, 3.63) is 46.7 Å². The number of carbonyl (C=O) groups is 1. The summed E-state index contributed by atoms with van der Waals surface area (Å²) in [5.41, 5.74) is 2.22. The van der Waals surface area contributed by atoms with E-state index in [0.29, 0.717) is 23.2 Å². The van der Waals surface area contributed by atoms with E-state index in [9.17, 15) is 4.79 Å². The average Bonchev–Trinajstić information content (AvgIpc) is 2.79. The Hall–Kier alpha value is -1.81. The van der Waals surface area contributed by atoms with Crippen LogP contribution in [0, 0.1) is 12.8 Å². The zero-order valence-corrected chi connectivity index (χ0v) is 12.6. The van der Waals surface area contributed by atoms with Crippen molar-refractivity contribution in [2.45, 2.75) is 20.8 Å². The third-order valence-electron chi connectivity index (χ3n) is 2.86. The second-order valence-electron chi connectivity index (χ2n) is 5.16. The molecule has 4 nitrogen and oxygen atoms in total. The van der Waals surface area contributed by atoms with E-state index < -0.39 is 0 Å². The molecule has 0 saturated heterocycles. The summed E-state index contributed by atoms with van der Waals surface area (Å²) in [6.07, 6.45) is 0. The maximum absolute atomic E-state index is 12.0. The summed E-state index contributed by atoms with van der Waals surface area (Å²) in [5.74, 6) is 0.271. The molecule has 1 aromatic carbocycles. The number of benzene rings is 1. The van der Waals surface area contributed by atoms with Gasteiger partial charge in [-0.2, -0.15) is 5.10 Å². The maximum atomic E-state index is 12.0. The van der Waals surface area contributed by atoms with Gasteiger partial charge in [-0.1, -0.05) is 25.4 Å². The van der Waals surface area contributed by atoms with Crippen LogP contribution < -0.4 is 5.32 Å². The van der Waals surface area contributed by atoms with Gasteiger partial charge in [0.15, 0.2) is 5.69 Å². The SMILES string of the molecule is Cc1cc(C(=O)NCC(C)C)nn1-c1ccc(Cl)cc1. The molecule has 0 spiro atoms. The van der Waals surface area contributed by atoms with Crippen molar-refractivity contribution in [2.75, 3.05) is 6.54 Å². The van der Waals surface area contributed by atoms with Crippen LogP contribution >= 0.6 is 11.6 Å². The average molecular weight is 292 g/mol. The van der Waals surface area contributed by atoms with Crippen LogP contribution in [-0.2, 0) is 0 Å². The predicted octanol–water partition coefficient (Wildman–Crippen LogP) is 3.22. The summed E-state index contributed by atoms with van der Waals surface area (Å²) in [6, 6.07) is 9.13. The van der Waals surface area contributed by atoms with Gasteiger partial charge in [-0.25, -0.2) is 4.68 Å². The minimum absolute atomic E-state index is 0.144. The largest absolute Gasteiger partial charge is 0.350 e. The molecule has 0 bridgehead atoms. The van der Waals surface area contributed by atoms with E-state index in [0.717, 1.165) is 11.4 Å². The first-order valence-electron chi connectivity index (χ1n) is 6.58. The van der Waals surface area contributed by atoms with Crippen molar-refractivity contribution in [2.24, 2.45) is 5.92 Å². The van der Waals surface area contributed by atoms with Crippen LogP contribution in [0.15, 0.2) is 30.3 Å². The van der Waals surface area contributed by atoms with Crippen molar-refractivity contribution in [3.8, 4) is 5.69 Å². The Bertz CT molecular complexity index is 602. The Morgan fingerprint density at radius 2 is 2.00 bits per heavy atom. The quantitative estimate of drug-likeness (QED) is 0.940. The predicted molar refractivity (Wildman–Crippen MR) is 80.5 cm³/mol. The minimum Gasteiger partial charge on any atom is -0.350 e. The number of nitrogens with zero attached hydrogens (tertiary/aromatic N) is 2. The Kier molecular flexibility index (Phi) is 4.45. The third-order valence-corrected chi connectivity index (χ3v) is 3.11. The molecule has 1 N–H and O–H groups in total. The highest BCUT2D eigenvalue weighted by Crippen LogP contribution is 2.15. The van der Waals surface area contributed by atoms with Crippen LogP contribution in [0.4, 0.5) is 0 Å². The highest BCUT2D eigenvalue weighted by Gasteiger charge is 2.13. The Morgan fingerprint density at radius 3 is 2.60 bits per heavy atom. The first-order valence-corrected chi connectivity index (χ1v) is 6.96. The monoisotopic (exact) mass is 291 g/mol. The molecule has 0 saturated carbocycles. The lowest BCUT2D eigenvalue weighted by Gasteiger charge is -2.05. The molecule has 0 aliphatic heterocycles. The molecule has 0 fully saturated rings. The zero-order valence-electron chi connectivity index (χ0n) is 11.9. The van der Waals surface area contributed by atoms with Gasteiger partial charge >= 0.3 is 0 Å². The fourth-order valence-corrected chi connectivity index (χ4v) is 1.94. The number of nitrogens with one attached hydrogen (secondary N) is 1. The first kappa shape index (κ1) is 14.6. The molecule has 0 unspecified atom stereocenters. The molecule has 1 amide bonds. The Morgan fingerprint density at radius 1 is 1.35 bits per heavy atom. The van der Waals surface area contributed by atoms with E-state index >= 15 is 0 Å². The molecule has 20 heavy (non-hydrogen) atoms. The minimum atomic E-state index is -0.144. The fraction of sp³-hybridized carbons (Fsp3) is 0.333. The number of halogens is 1. The van der Waals surface area contributed by atoms with Gasteiger partial charge in [-0.3, -0.25) is 4.79 Å². The highest BCUT2D eigenvalue weighted by molar-refractivity contribution is 6.30. The summed E-state index contributed by atoms with van der Waals surface area (Å²) < 4.78 is 1.74. The van der Waals surface area contributed by atoms with Crippen molar-refractivity contribution in [3.63, 3.8) is 0 Å². The molecule has 2 rings (SSSR count). The molecule has 0 atom stereocenters. The normalized spacial score (nSPS) is 10.8. The molecule has 5 heteroatoms. The highest BCUT2D eigenvalue weighted by atomic mass is 35.5. The number of hydrogen-bond acceptors (Lipinski definition) is 2. The topological polar surface area (TPSA) is 46.9 Å². The van der Waals surface area contributed by atoms with Gasteiger partial charge in [-0.05, 0) is 43.2 Å². The lowest BCUT2D eigenvalue weighted by atomic mass is 10.2. The maximum Gasteiger partial charge on any atom is 0.271 e. The van der Waals surface area contributed by atoms with Gasteiger partial charge in [0.05, 0.1) is 5.69 Å². The molecule has 106 valence electrons. The summed E-state index contributed by atoms with van der Waals surface area (Å²) in [5, 5.41) is 7.89. The fourth-order valence-electron chi connectivity index (χ4n) is 1.82. The number of carbonyl (C=O) groups excluding carboxylic acids is 1. The molecule has 0 radical (unpaired) electrons. The van der Waals surface area contributed by atoms with Gasteiger partial charge in [0.1, 0.15) is 0 Å². The number of aromatic nitrogens is 2. The van der Waals surface area contributed by atoms with Gasteiger partial charge in [0.25, 0.3) is 5.91 Å². The lowest BCUT2D eigenvalue weighted by Crippen LogP contribution is -2.27. The molecule has 0 aliphatic carbocycles. The van der Waals surface area contributed by atoms with E-state index in [1.807, 2.05) is 19.1 Å². The van der Waals surface area contributed by atoms with Crippen molar-refractivity contribution >= 4 is 17.5 Å². The number of aryl methyl sites for hydroxylation is 1. The first-order chi connectivity index (χ1) is 9.47. The van der Waals surface area contributed by atoms with Crippen molar-refractivity contribution in [1.29, 1.82) is 0 Å². The van der Waals surface area contributed by atoms with E-state index in [2.05, 4.69) is 24.3 Å². The van der Waals surface area contributed by atoms with Gasteiger partial charge in [0, 0.05) is 17.3 Å². The van der Waals surface area contributed by atoms with Crippen LogP contribution in [-0.4, -0.2) is 22.2 Å².